The minimum atomic E-state index is -0.618. The minimum absolute atomic E-state index is 0.127. The van der Waals surface area contributed by atoms with Gasteiger partial charge in [0, 0.05) is 12.1 Å². The van der Waals surface area contributed by atoms with E-state index in [-0.39, 0.29) is 5.92 Å². The molecule has 0 saturated heterocycles. The highest BCUT2D eigenvalue weighted by atomic mass is 16.4. The average molecular weight is 329 g/mol. The van der Waals surface area contributed by atoms with Crippen LogP contribution in [0.2, 0.25) is 0 Å². The van der Waals surface area contributed by atoms with Crippen molar-refractivity contribution in [3.8, 4) is 0 Å². The molecule has 1 unspecified atom stereocenters. The second-order valence-electron chi connectivity index (χ2n) is 8.21. The molecule has 0 aromatic heterocycles. The lowest BCUT2D eigenvalue weighted by atomic mass is 9.85. The monoisotopic (exact) mass is 329 g/mol. The fourth-order valence-electron chi connectivity index (χ4n) is 4.03. The molecular weight excluding hydrogens is 298 g/mol. The number of nitrogens with one attached hydrogen (secondary N) is 1. The number of hydrogen-bond donors (Lipinski definition) is 2. The maximum Gasteiger partial charge on any atom is 0.306 e. The Bertz CT molecular complexity index is 539. The van der Waals surface area contributed by atoms with Gasteiger partial charge in [-0.2, -0.15) is 0 Å². The number of aliphatic carboxylic acids is 1. The quantitative estimate of drug-likeness (QED) is 0.770. The van der Waals surface area contributed by atoms with Crippen molar-refractivity contribution in [2.75, 3.05) is 0 Å². The lowest BCUT2D eigenvalue weighted by Gasteiger charge is -2.31. The molecule has 0 bridgehead atoms. The highest BCUT2D eigenvalue weighted by Gasteiger charge is 2.35. The number of rotatable bonds is 7. The molecule has 3 heteroatoms. The first-order valence-electron chi connectivity index (χ1n) is 9.60. The lowest BCUT2D eigenvalue weighted by molar-refractivity contribution is -0.142. The van der Waals surface area contributed by atoms with E-state index in [0.717, 1.165) is 38.0 Å². The van der Waals surface area contributed by atoms with Crippen molar-refractivity contribution in [2.24, 2.45) is 17.8 Å². The van der Waals surface area contributed by atoms with E-state index in [1.807, 2.05) is 0 Å². The molecule has 2 aliphatic carbocycles. The van der Waals surface area contributed by atoms with Crippen LogP contribution in [0, 0.1) is 17.8 Å². The molecule has 0 radical (unpaired) electrons. The standard InChI is InChI=1S/C21H31NO2/c1-14(2)13-15-3-5-16(6-4-15)20(17-7-8-17)22-19-11-9-18(10-12-19)21(23)24/h3-6,14,17-20,22H,7-13H2,1-2H3,(H,23,24). The number of benzene rings is 1. The molecule has 1 atom stereocenters. The maximum atomic E-state index is 11.1. The van der Waals surface area contributed by atoms with Gasteiger partial charge in [-0.3, -0.25) is 4.79 Å². The molecule has 24 heavy (non-hydrogen) atoms. The van der Waals surface area contributed by atoms with E-state index in [4.69, 9.17) is 5.11 Å². The topological polar surface area (TPSA) is 49.3 Å². The summed E-state index contributed by atoms with van der Waals surface area (Å²) in [5.74, 6) is 0.710. The Morgan fingerprint density at radius 2 is 1.71 bits per heavy atom. The zero-order valence-electron chi connectivity index (χ0n) is 15.0. The summed E-state index contributed by atoms with van der Waals surface area (Å²) in [6, 6.07) is 10.1. The normalized spacial score (nSPS) is 25.6. The zero-order chi connectivity index (χ0) is 17.1. The smallest absolute Gasteiger partial charge is 0.306 e. The van der Waals surface area contributed by atoms with Gasteiger partial charge in [-0.1, -0.05) is 38.1 Å². The highest BCUT2D eigenvalue weighted by Crippen LogP contribution is 2.42. The van der Waals surface area contributed by atoms with E-state index >= 15 is 0 Å². The SMILES string of the molecule is CC(C)Cc1ccc(C(NC2CCC(C(=O)O)CC2)C2CC2)cc1. The molecule has 0 amide bonds. The number of carboxylic acids is 1. The third-order valence-electron chi connectivity index (χ3n) is 5.57. The summed E-state index contributed by atoms with van der Waals surface area (Å²) in [5, 5.41) is 13.0. The molecular formula is C21H31NO2. The molecule has 0 spiro atoms. The Kier molecular flexibility index (Phi) is 5.60. The molecule has 2 aliphatic rings. The van der Waals surface area contributed by atoms with Crippen LogP contribution in [0.5, 0.6) is 0 Å². The molecule has 0 heterocycles. The van der Waals surface area contributed by atoms with Crippen molar-refractivity contribution in [3.63, 3.8) is 0 Å². The van der Waals surface area contributed by atoms with Crippen molar-refractivity contribution in [3.05, 3.63) is 35.4 Å². The Labute approximate surface area is 145 Å². The molecule has 1 aromatic carbocycles. The van der Waals surface area contributed by atoms with Crippen LogP contribution in [0.1, 0.15) is 69.5 Å². The van der Waals surface area contributed by atoms with Crippen molar-refractivity contribution in [1.29, 1.82) is 0 Å². The van der Waals surface area contributed by atoms with Gasteiger partial charge in [0.15, 0.2) is 0 Å². The fraction of sp³-hybridized carbons (Fsp3) is 0.667. The van der Waals surface area contributed by atoms with Gasteiger partial charge in [0.25, 0.3) is 0 Å². The maximum absolute atomic E-state index is 11.1. The van der Waals surface area contributed by atoms with Crippen LogP contribution in [0.3, 0.4) is 0 Å². The van der Waals surface area contributed by atoms with Crippen LogP contribution in [-0.4, -0.2) is 17.1 Å². The van der Waals surface area contributed by atoms with Crippen LogP contribution in [0.4, 0.5) is 0 Å². The van der Waals surface area contributed by atoms with Crippen molar-refractivity contribution >= 4 is 5.97 Å². The van der Waals surface area contributed by atoms with Crippen LogP contribution >= 0.6 is 0 Å². The molecule has 132 valence electrons. The number of carbonyl (C=O) groups is 1. The third kappa shape index (κ3) is 4.60. The van der Waals surface area contributed by atoms with Crippen molar-refractivity contribution < 1.29 is 9.90 Å². The van der Waals surface area contributed by atoms with E-state index in [2.05, 4.69) is 43.4 Å². The molecule has 3 rings (SSSR count). The second kappa shape index (κ2) is 7.69. The Hall–Kier alpha value is -1.35. The van der Waals surface area contributed by atoms with Gasteiger partial charge >= 0.3 is 5.97 Å². The van der Waals surface area contributed by atoms with Gasteiger partial charge in [-0.25, -0.2) is 0 Å². The van der Waals surface area contributed by atoms with Crippen LogP contribution in [-0.2, 0) is 11.2 Å². The van der Waals surface area contributed by atoms with E-state index in [1.165, 1.54) is 24.0 Å². The van der Waals surface area contributed by atoms with Crippen LogP contribution in [0.15, 0.2) is 24.3 Å². The molecule has 2 N–H and O–H groups in total. The van der Waals surface area contributed by atoms with Gasteiger partial charge in [-0.05, 0) is 67.9 Å². The number of carboxylic acid groups (broad SMARTS) is 1. The number of hydrogen-bond acceptors (Lipinski definition) is 2. The summed E-state index contributed by atoms with van der Waals surface area (Å²) >= 11 is 0. The van der Waals surface area contributed by atoms with Gasteiger partial charge in [0.1, 0.15) is 0 Å². The fourth-order valence-corrected chi connectivity index (χ4v) is 4.03. The minimum Gasteiger partial charge on any atom is -0.481 e. The van der Waals surface area contributed by atoms with Gasteiger partial charge in [-0.15, -0.1) is 0 Å². The largest absolute Gasteiger partial charge is 0.481 e. The van der Waals surface area contributed by atoms with Gasteiger partial charge in [0.05, 0.1) is 5.92 Å². The third-order valence-corrected chi connectivity index (χ3v) is 5.57. The average Bonchev–Trinajstić information content (AvgIpc) is 3.38. The first kappa shape index (κ1) is 17.5. The summed E-state index contributed by atoms with van der Waals surface area (Å²) in [7, 11) is 0. The molecule has 2 fully saturated rings. The van der Waals surface area contributed by atoms with Crippen molar-refractivity contribution in [1.82, 2.24) is 5.32 Å². The van der Waals surface area contributed by atoms with Gasteiger partial charge < -0.3 is 10.4 Å². The lowest BCUT2D eigenvalue weighted by Crippen LogP contribution is -2.38. The second-order valence-corrected chi connectivity index (χ2v) is 8.21. The Balaban J connectivity index is 1.60. The molecule has 0 aliphatic heterocycles. The Morgan fingerprint density at radius 3 is 2.21 bits per heavy atom. The summed E-state index contributed by atoms with van der Waals surface area (Å²) in [6.07, 6.45) is 7.39. The summed E-state index contributed by atoms with van der Waals surface area (Å²) < 4.78 is 0. The predicted octanol–water partition coefficient (Wildman–Crippen LogP) is 4.57. The molecule has 2 saturated carbocycles. The highest BCUT2D eigenvalue weighted by molar-refractivity contribution is 5.70. The Morgan fingerprint density at radius 1 is 1.08 bits per heavy atom. The zero-order valence-corrected chi connectivity index (χ0v) is 15.0. The first-order valence-corrected chi connectivity index (χ1v) is 9.60. The van der Waals surface area contributed by atoms with E-state index in [0.29, 0.717) is 18.0 Å². The predicted molar refractivity (Wildman–Crippen MR) is 97.0 cm³/mol. The van der Waals surface area contributed by atoms with E-state index in [1.54, 1.807) is 0 Å². The van der Waals surface area contributed by atoms with Crippen LogP contribution < -0.4 is 5.32 Å². The summed E-state index contributed by atoms with van der Waals surface area (Å²) in [4.78, 5) is 11.1. The summed E-state index contributed by atoms with van der Waals surface area (Å²) in [6.45, 7) is 4.52. The van der Waals surface area contributed by atoms with Crippen LogP contribution in [0.25, 0.3) is 0 Å². The first-order chi connectivity index (χ1) is 11.5. The molecule has 3 nitrogen and oxygen atoms in total. The van der Waals surface area contributed by atoms with Gasteiger partial charge in [0.2, 0.25) is 0 Å². The van der Waals surface area contributed by atoms with E-state index < -0.39 is 5.97 Å². The summed E-state index contributed by atoms with van der Waals surface area (Å²) in [5.41, 5.74) is 2.83. The van der Waals surface area contributed by atoms with Crippen molar-refractivity contribution in [2.45, 2.75) is 70.9 Å². The van der Waals surface area contributed by atoms with E-state index in [9.17, 15) is 4.79 Å². The molecule has 1 aromatic rings.